The van der Waals surface area contributed by atoms with Gasteiger partial charge in [0.15, 0.2) is 0 Å². The van der Waals surface area contributed by atoms with Gasteiger partial charge in [0.2, 0.25) is 15.9 Å². The number of sulfonamides is 1. The number of nitrogens with zero attached hydrogens (tertiary/aromatic N) is 1. The molecule has 0 aliphatic heterocycles. The molecule has 1 atom stereocenters. The molecule has 0 aliphatic rings. The molecule has 0 bridgehead atoms. The van der Waals surface area contributed by atoms with Gasteiger partial charge in [0, 0.05) is 20.2 Å². The summed E-state index contributed by atoms with van der Waals surface area (Å²) < 4.78 is 30.6. The molecular formula is C14H30N2O4S. The van der Waals surface area contributed by atoms with Crippen molar-refractivity contribution in [3.63, 3.8) is 0 Å². The van der Waals surface area contributed by atoms with Crippen LogP contribution in [0.3, 0.4) is 0 Å². The van der Waals surface area contributed by atoms with Crippen LogP contribution < -0.4 is 4.72 Å². The van der Waals surface area contributed by atoms with Crippen LogP contribution in [0.5, 0.6) is 0 Å². The summed E-state index contributed by atoms with van der Waals surface area (Å²) in [4.78, 5) is 14.4. The van der Waals surface area contributed by atoms with Crippen molar-refractivity contribution in [2.24, 2.45) is 5.41 Å². The Balaban J connectivity index is 5.18. The van der Waals surface area contributed by atoms with E-state index in [-0.39, 0.29) is 5.91 Å². The summed E-state index contributed by atoms with van der Waals surface area (Å²) >= 11 is 0. The SMILES string of the molecule is CCCCN(CCOC)C(=O)C(NS(C)(=O)=O)C(C)(C)C. The zero-order chi connectivity index (χ0) is 16.7. The summed E-state index contributed by atoms with van der Waals surface area (Å²) in [6.07, 6.45) is 2.92. The van der Waals surface area contributed by atoms with Gasteiger partial charge in [-0.25, -0.2) is 13.1 Å². The number of hydrogen-bond acceptors (Lipinski definition) is 4. The molecule has 0 saturated carbocycles. The lowest BCUT2D eigenvalue weighted by atomic mass is 9.86. The van der Waals surface area contributed by atoms with Gasteiger partial charge in [-0.3, -0.25) is 4.79 Å². The van der Waals surface area contributed by atoms with Crippen molar-refractivity contribution in [2.75, 3.05) is 33.1 Å². The molecule has 6 nitrogen and oxygen atoms in total. The Labute approximate surface area is 129 Å². The highest BCUT2D eigenvalue weighted by molar-refractivity contribution is 7.88. The third-order valence-corrected chi connectivity index (χ3v) is 3.77. The molecule has 0 heterocycles. The van der Waals surface area contributed by atoms with Gasteiger partial charge in [0.05, 0.1) is 12.9 Å². The number of ether oxygens (including phenoxy) is 1. The Morgan fingerprint density at radius 2 is 1.86 bits per heavy atom. The molecule has 0 spiro atoms. The van der Waals surface area contributed by atoms with Crippen molar-refractivity contribution < 1.29 is 17.9 Å². The van der Waals surface area contributed by atoms with Crippen LogP contribution in [0.1, 0.15) is 40.5 Å². The van der Waals surface area contributed by atoms with E-state index in [1.807, 2.05) is 20.8 Å². The van der Waals surface area contributed by atoms with Crippen LogP contribution in [-0.4, -0.2) is 58.3 Å². The lowest BCUT2D eigenvalue weighted by Gasteiger charge is -2.34. The van der Waals surface area contributed by atoms with Gasteiger partial charge in [-0.1, -0.05) is 34.1 Å². The Hall–Kier alpha value is -0.660. The molecule has 0 aromatic rings. The van der Waals surface area contributed by atoms with Crippen LogP contribution in [0.4, 0.5) is 0 Å². The number of unbranched alkanes of at least 4 members (excludes halogenated alkanes) is 1. The normalized spacial score (nSPS) is 14.0. The average Bonchev–Trinajstić information content (AvgIpc) is 2.33. The van der Waals surface area contributed by atoms with Crippen molar-refractivity contribution in [3.05, 3.63) is 0 Å². The van der Waals surface area contributed by atoms with E-state index < -0.39 is 21.5 Å². The summed E-state index contributed by atoms with van der Waals surface area (Å²) in [7, 11) is -1.87. The minimum absolute atomic E-state index is 0.196. The first-order valence-electron chi connectivity index (χ1n) is 7.28. The summed E-state index contributed by atoms with van der Waals surface area (Å²) in [5.74, 6) is -0.196. The molecule has 0 aromatic carbocycles. The largest absolute Gasteiger partial charge is 0.383 e. The van der Waals surface area contributed by atoms with Gasteiger partial charge in [-0.05, 0) is 11.8 Å². The van der Waals surface area contributed by atoms with E-state index in [9.17, 15) is 13.2 Å². The third-order valence-electron chi connectivity index (χ3n) is 3.10. The van der Waals surface area contributed by atoms with Gasteiger partial charge >= 0.3 is 0 Å². The van der Waals surface area contributed by atoms with Crippen LogP contribution in [0.25, 0.3) is 0 Å². The molecular weight excluding hydrogens is 292 g/mol. The number of nitrogens with one attached hydrogen (secondary N) is 1. The van der Waals surface area contributed by atoms with Crippen molar-refractivity contribution in [2.45, 2.75) is 46.6 Å². The van der Waals surface area contributed by atoms with Crippen molar-refractivity contribution in [1.29, 1.82) is 0 Å². The molecule has 126 valence electrons. The van der Waals surface area contributed by atoms with Crippen LogP contribution >= 0.6 is 0 Å². The second-order valence-corrected chi connectivity index (χ2v) is 8.14. The maximum atomic E-state index is 12.7. The zero-order valence-corrected chi connectivity index (χ0v) is 14.9. The van der Waals surface area contributed by atoms with Crippen LogP contribution in [0.2, 0.25) is 0 Å². The van der Waals surface area contributed by atoms with Gasteiger partial charge < -0.3 is 9.64 Å². The van der Waals surface area contributed by atoms with E-state index >= 15 is 0 Å². The van der Waals surface area contributed by atoms with E-state index in [0.717, 1.165) is 19.1 Å². The molecule has 7 heteroatoms. The quantitative estimate of drug-likeness (QED) is 0.692. The van der Waals surface area contributed by atoms with Gasteiger partial charge in [-0.2, -0.15) is 0 Å². The number of rotatable bonds is 9. The molecule has 0 aliphatic carbocycles. The smallest absolute Gasteiger partial charge is 0.241 e. The van der Waals surface area contributed by atoms with E-state index in [2.05, 4.69) is 11.6 Å². The Bertz CT molecular complexity index is 407. The summed E-state index contributed by atoms with van der Waals surface area (Å²) in [5.41, 5.74) is -0.502. The third kappa shape index (κ3) is 8.38. The molecule has 0 aromatic heterocycles. The number of methoxy groups -OCH3 is 1. The summed E-state index contributed by atoms with van der Waals surface area (Å²) in [6.45, 7) is 9.11. The molecule has 1 unspecified atom stereocenters. The molecule has 0 saturated heterocycles. The van der Waals surface area contributed by atoms with Crippen LogP contribution in [0.15, 0.2) is 0 Å². The van der Waals surface area contributed by atoms with E-state index in [4.69, 9.17) is 4.74 Å². The second kappa shape index (κ2) is 8.70. The fourth-order valence-electron chi connectivity index (χ4n) is 1.88. The first-order chi connectivity index (χ1) is 9.53. The molecule has 0 rings (SSSR count). The summed E-state index contributed by atoms with van der Waals surface area (Å²) in [5, 5.41) is 0. The lowest BCUT2D eigenvalue weighted by molar-refractivity contribution is -0.136. The molecule has 0 fully saturated rings. The lowest BCUT2D eigenvalue weighted by Crippen LogP contribution is -2.55. The van der Waals surface area contributed by atoms with E-state index in [1.54, 1.807) is 12.0 Å². The second-order valence-electron chi connectivity index (χ2n) is 6.36. The number of carbonyl (C=O) groups excluding carboxylic acids is 1. The molecule has 0 radical (unpaired) electrons. The van der Waals surface area contributed by atoms with Crippen molar-refractivity contribution in [1.82, 2.24) is 9.62 Å². The maximum Gasteiger partial charge on any atom is 0.241 e. The van der Waals surface area contributed by atoms with Gasteiger partial charge in [-0.15, -0.1) is 0 Å². The first-order valence-corrected chi connectivity index (χ1v) is 9.17. The highest BCUT2D eigenvalue weighted by Crippen LogP contribution is 2.22. The molecule has 21 heavy (non-hydrogen) atoms. The predicted octanol–water partition coefficient (Wildman–Crippen LogP) is 1.23. The Morgan fingerprint density at radius 1 is 1.29 bits per heavy atom. The van der Waals surface area contributed by atoms with E-state index in [1.165, 1.54) is 0 Å². The van der Waals surface area contributed by atoms with E-state index in [0.29, 0.717) is 19.7 Å². The average molecular weight is 322 g/mol. The number of hydrogen-bond donors (Lipinski definition) is 1. The minimum atomic E-state index is -3.45. The topological polar surface area (TPSA) is 75.7 Å². The minimum Gasteiger partial charge on any atom is -0.383 e. The van der Waals surface area contributed by atoms with Crippen LogP contribution in [-0.2, 0) is 19.6 Å². The van der Waals surface area contributed by atoms with Gasteiger partial charge in [0.1, 0.15) is 6.04 Å². The predicted molar refractivity (Wildman–Crippen MR) is 84.6 cm³/mol. The summed E-state index contributed by atoms with van der Waals surface area (Å²) in [6, 6.07) is -0.777. The number of carbonyl (C=O) groups is 1. The maximum absolute atomic E-state index is 12.7. The zero-order valence-electron chi connectivity index (χ0n) is 14.1. The molecule has 1 N–H and O–H groups in total. The highest BCUT2D eigenvalue weighted by Gasteiger charge is 2.36. The van der Waals surface area contributed by atoms with Crippen molar-refractivity contribution >= 4 is 15.9 Å². The fourth-order valence-corrected chi connectivity index (χ4v) is 2.76. The van der Waals surface area contributed by atoms with Gasteiger partial charge in [0.25, 0.3) is 0 Å². The standard InChI is InChI=1S/C14H30N2O4S/c1-7-8-9-16(10-11-20-5)13(17)12(14(2,3)4)15-21(6,18)19/h12,15H,7-11H2,1-6H3. The van der Waals surface area contributed by atoms with Crippen molar-refractivity contribution in [3.8, 4) is 0 Å². The monoisotopic (exact) mass is 322 g/mol. The number of amides is 1. The first kappa shape index (κ1) is 20.3. The fraction of sp³-hybridized carbons (Fsp3) is 0.929. The Morgan fingerprint density at radius 3 is 2.24 bits per heavy atom. The highest BCUT2D eigenvalue weighted by atomic mass is 32.2. The Kier molecular flexibility index (Phi) is 8.43. The molecule has 1 amide bonds. The van der Waals surface area contributed by atoms with Crippen LogP contribution in [0, 0.1) is 5.41 Å².